The van der Waals surface area contributed by atoms with Gasteiger partial charge in [0, 0.05) is 11.6 Å². The van der Waals surface area contributed by atoms with Gasteiger partial charge in [0.2, 0.25) is 0 Å². The molecule has 0 unspecified atom stereocenters. The van der Waals surface area contributed by atoms with Crippen LogP contribution in [0.1, 0.15) is 12.5 Å². The summed E-state index contributed by atoms with van der Waals surface area (Å²) >= 11 is 0. The van der Waals surface area contributed by atoms with E-state index in [-0.39, 0.29) is 5.43 Å². The predicted octanol–water partition coefficient (Wildman–Crippen LogP) is 3.62. The number of carboxylic acid groups (broad SMARTS) is 1. The first-order valence-electron chi connectivity index (χ1n) is 7.48. The summed E-state index contributed by atoms with van der Waals surface area (Å²) in [6, 6.07) is 13.8. The van der Waals surface area contributed by atoms with E-state index in [0.717, 1.165) is 11.1 Å². The van der Waals surface area contributed by atoms with E-state index in [0.29, 0.717) is 22.5 Å². The lowest BCUT2D eigenvalue weighted by Crippen LogP contribution is -2.22. The van der Waals surface area contributed by atoms with E-state index in [9.17, 15) is 9.59 Å². The maximum absolute atomic E-state index is 12.4. The van der Waals surface area contributed by atoms with E-state index >= 15 is 0 Å². The summed E-state index contributed by atoms with van der Waals surface area (Å²) < 4.78 is 11.1. The Balaban J connectivity index is 2.02. The van der Waals surface area contributed by atoms with Gasteiger partial charge in [-0.25, -0.2) is 4.79 Å². The fraction of sp³-hybridized carbons (Fsp3) is 0.158. The van der Waals surface area contributed by atoms with Gasteiger partial charge in [-0.15, -0.1) is 0 Å². The lowest BCUT2D eigenvalue weighted by atomic mass is 10.1. The third-order valence-electron chi connectivity index (χ3n) is 3.70. The largest absolute Gasteiger partial charge is 0.479 e. The molecular weight excluding hydrogens is 308 g/mol. The molecule has 3 aromatic rings. The zero-order valence-electron chi connectivity index (χ0n) is 13.3. The number of hydrogen-bond acceptors (Lipinski definition) is 4. The number of hydrogen-bond donors (Lipinski definition) is 1. The lowest BCUT2D eigenvalue weighted by molar-refractivity contribution is -0.144. The second-order valence-corrected chi connectivity index (χ2v) is 5.60. The Kier molecular flexibility index (Phi) is 4.08. The van der Waals surface area contributed by atoms with Crippen molar-refractivity contribution in [1.82, 2.24) is 0 Å². The molecule has 0 fully saturated rings. The Morgan fingerprint density at radius 2 is 1.83 bits per heavy atom. The zero-order valence-corrected chi connectivity index (χ0v) is 13.3. The molecule has 0 amide bonds. The zero-order chi connectivity index (χ0) is 17.3. The average Bonchev–Trinajstić information content (AvgIpc) is 2.55. The van der Waals surface area contributed by atoms with Gasteiger partial charge in [0.1, 0.15) is 17.1 Å². The fourth-order valence-electron chi connectivity index (χ4n) is 2.32. The van der Waals surface area contributed by atoms with Gasteiger partial charge in [0.25, 0.3) is 0 Å². The van der Waals surface area contributed by atoms with Crippen LogP contribution < -0.4 is 10.2 Å². The molecule has 3 rings (SSSR count). The summed E-state index contributed by atoms with van der Waals surface area (Å²) in [6.07, 6.45) is -0.999. The highest BCUT2D eigenvalue weighted by molar-refractivity contribution is 5.80. The van der Waals surface area contributed by atoms with E-state index in [2.05, 4.69) is 0 Å². The second-order valence-electron chi connectivity index (χ2n) is 5.60. The van der Waals surface area contributed by atoms with Gasteiger partial charge in [-0.05, 0) is 32.0 Å². The topological polar surface area (TPSA) is 76.7 Å². The molecule has 0 saturated heterocycles. The number of rotatable bonds is 4. The monoisotopic (exact) mass is 324 g/mol. The molecule has 1 aromatic heterocycles. The molecule has 0 saturated carbocycles. The van der Waals surface area contributed by atoms with Crippen LogP contribution in [0.25, 0.3) is 22.3 Å². The summed E-state index contributed by atoms with van der Waals surface area (Å²) in [5, 5.41) is 9.24. The SMILES string of the molecule is Cc1ccc(-c2cc(=O)c3cc(O[C@@H](C)C(=O)O)ccc3o2)cc1. The average molecular weight is 324 g/mol. The Labute approximate surface area is 138 Å². The van der Waals surface area contributed by atoms with Gasteiger partial charge in [-0.3, -0.25) is 4.79 Å². The molecule has 0 spiro atoms. The molecule has 122 valence electrons. The Bertz CT molecular complexity index is 954. The van der Waals surface area contributed by atoms with Crippen molar-refractivity contribution in [2.75, 3.05) is 0 Å². The van der Waals surface area contributed by atoms with Gasteiger partial charge in [0.05, 0.1) is 5.39 Å². The van der Waals surface area contributed by atoms with Crippen LogP contribution in [0.15, 0.2) is 57.7 Å². The summed E-state index contributed by atoms with van der Waals surface area (Å²) in [7, 11) is 0. The van der Waals surface area contributed by atoms with E-state index < -0.39 is 12.1 Å². The Hall–Kier alpha value is -3.08. The van der Waals surface area contributed by atoms with Gasteiger partial charge >= 0.3 is 5.97 Å². The normalized spacial score (nSPS) is 12.1. The molecule has 5 nitrogen and oxygen atoms in total. The standard InChI is InChI=1S/C19H16O5/c1-11-3-5-13(6-4-11)18-10-16(20)15-9-14(7-8-17(15)24-18)23-12(2)19(21)22/h3-10,12H,1-2H3,(H,21,22)/t12-/m0/s1. The van der Waals surface area contributed by atoms with Crippen molar-refractivity contribution in [3.8, 4) is 17.1 Å². The number of aliphatic carboxylic acids is 1. The minimum absolute atomic E-state index is 0.208. The van der Waals surface area contributed by atoms with Crippen LogP contribution in [0.2, 0.25) is 0 Å². The third-order valence-corrected chi connectivity index (χ3v) is 3.70. The highest BCUT2D eigenvalue weighted by atomic mass is 16.5. The Morgan fingerprint density at radius 3 is 2.50 bits per heavy atom. The number of carboxylic acids is 1. The summed E-state index contributed by atoms with van der Waals surface area (Å²) in [5.41, 5.74) is 2.16. The van der Waals surface area contributed by atoms with Crippen molar-refractivity contribution in [2.45, 2.75) is 20.0 Å². The van der Waals surface area contributed by atoms with Gasteiger partial charge in [-0.1, -0.05) is 29.8 Å². The minimum atomic E-state index is -1.07. The number of ether oxygens (including phenoxy) is 1. The van der Waals surface area contributed by atoms with Crippen LogP contribution in [0.5, 0.6) is 5.75 Å². The molecule has 0 aliphatic rings. The summed E-state index contributed by atoms with van der Waals surface area (Å²) in [5.74, 6) is -0.273. The van der Waals surface area contributed by atoms with Crippen LogP contribution in [0.3, 0.4) is 0 Å². The third kappa shape index (κ3) is 3.15. The number of aryl methyl sites for hydroxylation is 1. The first kappa shape index (κ1) is 15.8. The second kappa shape index (κ2) is 6.20. The van der Waals surface area contributed by atoms with Crippen molar-refractivity contribution in [3.63, 3.8) is 0 Å². The summed E-state index contributed by atoms with van der Waals surface area (Å²) in [6.45, 7) is 3.41. The highest BCUT2D eigenvalue weighted by Gasteiger charge is 2.14. The number of fused-ring (bicyclic) bond motifs is 1. The van der Waals surface area contributed by atoms with Crippen LogP contribution in [0.4, 0.5) is 0 Å². The van der Waals surface area contributed by atoms with Crippen molar-refractivity contribution in [1.29, 1.82) is 0 Å². The highest BCUT2D eigenvalue weighted by Crippen LogP contribution is 2.25. The molecular formula is C19H16O5. The van der Waals surface area contributed by atoms with E-state index in [1.807, 2.05) is 31.2 Å². The molecule has 0 bridgehead atoms. The van der Waals surface area contributed by atoms with Crippen molar-refractivity contribution >= 4 is 16.9 Å². The molecule has 1 atom stereocenters. The first-order chi connectivity index (χ1) is 11.4. The molecule has 1 N–H and O–H groups in total. The maximum atomic E-state index is 12.4. The predicted molar refractivity (Wildman–Crippen MR) is 90.4 cm³/mol. The number of benzene rings is 2. The summed E-state index contributed by atoms with van der Waals surface area (Å²) in [4.78, 5) is 23.2. The van der Waals surface area contributed by atoms with Crippen molar-refractivity contribution in [3.05, 3.63) is 64.3 Å². The van der Waals surface area contributed by atoms with Crippen molar-refractivity contribution in [2.24, 2.45) is 0 Å². The minimum Gasteiger partial charge on any atom is -0.479 e. The van der Waals surface area contributed by atoms with E-state index in [1.165, 1.54) is 19.1 Å². The molecule has 1 heterocycles. The van der Waals surface area contributed by atoms with Crippen LogP contribution >= 0.6 is 0 Å². The van der Waals surface area contributed by atoms with Gasteiger partial charge in [0.15, 0.2) is 11.5 Å². The van der Waals surface area contributed by atoms with Crippen molar-refractivity contribution < 1.29 is 19.1 Å². The van der Waals surface area contributed by atoms with Crippen LogP contribution in [-0.2, 0) is 4.79 Å². The van der Waals surface area contributed by atoms with Gasteiger partial charge in [-0.2, -0.15) is 0 Å². The van der Waals surface area contributed by atoms with E-state index in [4.69, 9.17) is 14.3 Å². The molecule has 24 heavy (non-hydrogen) atoms. The first-order valence-corrected chi connectivity index (χ1v) is 7.48. The molecule has 5 heteroatoms. The molecule has 0 aliphatic carbocycles. The number of carbonyl (C=O) groups is 1. The van der Waals surface area contributed by atoms with E-state index in [1.54, 1.807) is 12.1 Å². The fourth-order valence-corrected chi connectivity index (χ4v) is 2.32. The molecule has 0 radical (unpaired) electrons. The quantitative estimate of drug-likeness (QED) is 0.793. The van der Waals surface area contributed by atoms with Crippen LogP contribution in [0, 0.1) is 6.92 Å². The Morgan fingerprint density at radius 1 is 1.12 bits per heavy atom. The van der Waals surface area contributed by atoms with Gasteiger partial charge < -0.3 is 14.3 Å². The van der Waals surface area contributed by atoms with Crippen LogP contribution in [-0.4, -0.2) is 17.2 Å². The maximum Gasteiger partial charge on any atom is 0.344 e. The molecule has 2 aromatic carbocycles. The lowest BCUT2D eigenvalue weighted by Gasteiger charge is -2.11. The smallest absolute Gasteiger partial charge is 0.344 e. The molecule has 0 aliphatic heterocycles.